The molecule has 1 fully saturated rings. The van der Waals surface area contributed by atoms with Crippen LogP contribution in [-0.4, -0.2) is 47.0 Å². The quantitative estimate of drug-likeness (QED) is 0.674. The minimum Gasteiger partial charge on any atom is -0.395 e. The van der Waals surface area contributed by atoms with Gasteiger partial charge < -0.3 is 10.2 Å². The average Bonchev–Trinajstić information content (AvgIpc) is 2.24. The van der Waals surface area contributed by atoms with Crippen molar-refractivity contribution in [3.05, 3.63) is 12.7 Å². The van der Waals surface area contributed by atoms with Crippen LogP contribution in [0.4, 0.5) is 0 Å². The van der Waals surface area contributed by atoms with Crippen molar-refractivity contribution in [2.24, 2.45) is 5.92 Å². The standard InChI is InChI=1S/C13H25NO2/c1-3-8-14(9-10-15)11-13(16)6-4-12(2)5-7-13/h3,12,15-16H,1,4-11H2,2H3. The zero-order valence-corrected chi connectivity index (χ0v) is 10.4. The number of hydrogen-bond donors (Lipinski definition) is 2. The van der Waals surface area contributed by atoms with Crippen LogP contribution in [0.5, 0.6) is 0 Å². The van der Waals surface area contributed by atoms with Gasteiger partial charge in [0.2, 0.25) is 0 Å². The van der Waals surface area contributed by atoms with Crippen molar-refractivity contribution in [1.29, 1.82) is 0 Å². The molecule has 2 N–H and O–H groups in total. The molecule has 3 heteroatoms. The van der Waals surface area contributed by atoms with Gasteiger partial charge in [0.1, 0.15) is 0 Å². The van der Waals surface area contributed by atoms with Gasteiger partial charge in [-0.3, -0.25) is 4.90 Å². The molecule has 0 bridgehead atoms. The van der Waals surface area contributed by atoms with Gasteiger partial charge in [0.05, 0.1) is 12.2 Å². The van der Waals surface area contributed by atoms with Gasteiger partial charge in [-0.2, -0.15) is 0 Å². The molecule has 3 nitrogen and oxygen atoms in total. The fourth-order valence-corrected chi connectivity index (χ4v) is 2.43. The molecule has 1 aliphatic carbocycles. The molecule has 94 valence electrons. The van der Waals surface area contributed by atoms with E-state index in [0.29, 0.717) is 13.1 Å². The van der Waals surface area contributed by atoms with E-state index in [1.165, 1.54) is 0 Å². The predicted octanol–water partition coefficient (Wildman–Crippen LogP) is 1.41. The number of aliphatic hydroxyl groups excluding tert-OH is 1. The van der Waals surface area contributed by atoms with Gasteiger partial charge in [-0.15, -0.1) is 6.58 Å². The van der Waals surface area contributed by atoms with E-state index in [1.54, 1.807) is 0 Å². The Labute approximate surface area is 98.8 Å². The SMILES string of the molecule is C=CCN(CCO)CC1(O)CCC(C)CC1. The second-order valence-corrected chi connectivity index (χ2v) is 5.15. The number of nitrogens with zero attached hydrogens (tertiary/aromatic N) is 1. The van der Waals surface area contributed by atoms with E-state index in [2.05, 4.69) is 18.4 Å². The first-order valence-corrected chi connectivity index (χ1v) is 6.26. The molecule has 1 rings (SSSR count). The molecule has 0 amide bonds. The molecular weight excluding hydrogens is 202 g/mol. The summed E-state index contributed by atoms with van der Waals surface area (Å²) < 4.78 is 0. The van der Waals surface area contributed by atoms with Crippen molar-refractivity contribution in [3.8, 4) is 0 Å². The van der Waals surface area contributed by atoms with Crippen LogP contribution < -0.4 is 0 Å². The molecule has 0 heterocycles. The molecule has 0 atom stereocenters. The van der Waals surface area contributed by atoms with Crippen LogP contribution in [0, 0.1) is 5.92 Å². The van der Waals surface area contributed by atoms with E-state index in [4.69, 9.17) is 5.11 Å². The molecule has 0 aliphatic heterocycles. The predicted molar refractivity (Wildman–Crippen MR) is 66.3 cm³/mol. The summed E-state index contributed by atoms with van der Waals surface area (Å²) in [7, 11) is 0. The second-order valence-electron chi connectivity index (χ2n) is 5.15. The summed E-state index contributed by atoms with van der Waals surface area (Å²) in [5.74, 6) is 0.742. The van der Waals surface area contributed by atoms with Gasteiger partial charge in [-0.1, -0.05) is 13.0 Å². The third-order valence-corrected chi connectivity index (χ3v) is 3.53. The second kappa shape index (κ2) is 6.38. The lowest BCUT2D eigenvalue weighted by Crippen LogP contribution is -2.46. The largest absolute Gasteiger partial charge is 0.395 e. The lowest BCUT2D eigenvalue weighted by molar-refractivity contribution is -0.0349. The maximum Gasteiger partial charge on any atom is 0.0774 e. The highest BCUT2D eigenvalue weighted by atomic mass is 16.3. The summed E-state index contributed by atoms with van der Waals surface area (Å²) in [5, 5.41) is 19.4. The first kappa shape index (κ1) is 13.7. The summed E-state index contributed by atoms with van der Waals surface area (Å²) in [4.78, 5) is 2.07. The summed E-state index contributed by atoms with van der Waals surface area (Å²) in [6.07, 6.45) is 5.81. The van der Waals surface area contributed by atoms with Crippen LogP contribution in [0.2, 0.25) is 0 Å². The maximum absolute atomic E-state index is 10.5. The van der Waals surface area contributed by atoms with Crippen molar-refractivity contribution in [2.75, 3.05) is 26.2 Å². The van der Waals surface area contributed by atoms with Gasteiger partial charge in [0.25, 0.3) is 0 Å². The van der Waals surface area contributed by atoms with Gasteiger partial charge in [-0.05, 0) is 31.6 Å². The highest BCUT2D eigenvalue weighted by Crippen LogP contribution is 2.32. The zero-order chi connectivity index (χ0) is 12.0. The fourth-order valence-electron chi connectivity index (χ4n) is 2.43. The number of aliphatic hydroxyl groups is 2. The maximum atomic E-state index is 10.5. The van der Waals surface area contributed by atoms with E-state index in [0.717, 1.165) is 38.1 Å². The topological polar surface area (TPSA) is 43.7 Å². The van der Waals surface area contributed by atoms with Crippen LogP contribution in [0.1, 0.15) is 32.6 Å². The Morgan fingerprint density at radius 1 is 1.44 bits per heavy atom. The van der Waals surface area contributed by atoms with Gasteiger partial charge >= 0.3 is 0 Å². The third kappa shape index (κ3) is 4.24. The lowest BCUT2D eigenvalue weighted by atomic mass is 9.79. The van der Waals surface area contributed by atoms with Crippen molar-refractivity contribution >= 4 is 0 Å². The number of rotatable bonds is 6. The van der Waals surface area contributed by atoms with Crippen molar-refractivity contribution in [2.45, 2.75) is 38.2 Å². The van der Waals surface area contributed by atoms with Gasteiger partial charge in [-0.25, -0.2) is 0 Å². The fraction of sp³-hybridized carbons (Fsp3) is 0.846. The summed E-state index contributed by atoms with van der Waals surface area (Å²) in [5.41, 5.74) is -0.551. The highest BCUT2D eigenvalue weighted by Gasteiger charge is 2.33. The number of hydrogen-bond acceptors (Lipinski definition) is 3. The van der Waals surface area contributed by atoms with E-state index in [-0.39, 0.29) is 6.61 Å². The Balaban J connectivity index is 2.45. The van der Waals surface area contributed by atoms with Gasteiger partial charge in [0, 0.05) is 19.6 Å². The van der Waals surface area contributed by atoms with Crippen molar-refractivity contribution < 1.29 is 10.2 Å². The van der Waals surface area contributed by atoms with E-state index in [9.17, 15) is 5.11 Å². The molecule has 0 aromatic carbocycles. The molecule has 0 radical (unpaired) electrons. The Morgan fingerprint density at radius 3 is 2.56 bits per heavy atom. The lowest BCUT2D eigenvalue weighted by Gasteiger charge is -2.38. The summed E-state index contributed by atoms with van der Waals surface area (Å²) >= 11 is 0. The molecule has 16 heavy (non-hydrogen) atoms. The first-order valence-electron chi connectivity index (χ1n) is 6.26. The van der Waals surface area contributed by atoms with E-state index < -0.39 is 5.60 Å². The van der Waals surface area contributed by atoms with Crippen LogP contribution in [0.15, 0.2) is 12.7 Å². The zero-order valence-electron chi connectivity index (χ0n) is 10.4. The minimum absolute atomic E-state index is 0.139. The Morgan fingerprint density at radius 2 is 2.06 bits per heavy atom. The average molecular weight is 227 g/mol. The summed E-state index contributed by atoms with van der Waals surface area (Å²) in [6.45, 7) is 8.10. The molecule has 0 saturated heterocycles. The summed E-state index contributed by atoms with van der Waals surface area (Å²) in [6, 6.07) is 0. The van der Waals surface area contributed by atoms with Crippen LogP contribution in [0.3, 0.4) is 0 Å². The molecule has 0 aromatic rings. The third-order valence-electron chi connectivity index (χ3n) is 3.53. The molecule has 1 aliphatic rings. The molecular formula is C13H25NO2. The van der Waals surface area contributed by atoms with Crippen LogP contribution in [0.25, 0.3) is 0 Å². The van der Waals surface area contributed by atoms with Crippen molar-refractivity contribution in [3.63, 3.8) is 0 Å². The Kier molecular flexibility index (Phi) is 5.46. The molecule has 1 saturated carbocycles. The van der Waals surface area contributed by atoms with Crippen LogP contribution in [-0.2, 0) is 0 Å². The Bertz CT molecular complexity index is 210. The normalized spacial score (nSPS) is 30.6. The van der Waals surface area contributed by atoms with Crippen molar-refractivity contribution in [1.82, 2.24) is 4.90 Å². The molecule has 0 spiro atoms. The smallest absolute Gasteiger partial charge is 0.0774 e. The highest BCUT2D eigenvalue weighted by molar-refractivity contribution is 4.88. The first-order chi connectivity index (χ1) is 7.59. The van der Waals surface area contributed by atoms with E-state index >= 15 is 0 Å². The van der Waals surface area contributed by atoms with E-state index in [1.807, 2.05) is 6.08 Å². The van der Waals surface area contributed by atoms with Gasteiger partial charge in [0.15, 0.2) is 0 Å². The minimum atomic E-state index is -0.551. The monoisotopic (exact) mass is 227 g/mol. The van der Waals surface area contributed by atoms with Crippen LogP contribution >= 0.6 is 0 Å². The molecule has 0 unspecified atom stereocenters. The Hall–Kier alpha value is -0.380. The molecule has 0 aromatic heterocycles.